The second-order valence-electron chi connectivity index (χ2n) is 8.94. The zero-order valence-electron chi connectivity index (χ0n) is 20.1. The van der Waals surface area contributed by atoms with Gasteiger partial charge in [-0.3, -0.25) is 4.79 Å². The summed E-state index contributed by atoms with van der Waals surface area (Å²) in [7, 11) is 0. The van der Waals surface area contributed by atoms with Gasteiger partial charge in [0, 0.05) is 22.9 Å². The molecule has 0 fully saturated rings. The van der Waals surface area contributed by atoms with Crippen LogP contribution in [0.4, 0.5) is 0 Å². The summed E-state index contributed by atoms with van der Waals surface area (Å²) >= 11 is 1.34. The van der Waals surface area contributed by atoms with Gasteiger partial charge in [0.25, 0.3) is 5.56 Å². The molecule has 3 heterocycles. The molecule has 0 bridgehead atoms. The molecule has 0 amide bonds. The summed E-state index contributed by atoms with van der Waals surface area (Å²) in [5, 5.41) is 9.43. The molecular formula is C29H23N5OS. The van der Waals surface area contributed by atoms with Gasteiger partial charge in [-0.1, -0.05) is 77.1 Å². The van der Waals surface area contributed by atoms with E-state index in [1.54, 1.807) is 0 Å². The second-order valence-corrected chi connectivity index (χ2v) is 9.95. The third-order valence-electron chi connectivity index (χ3n) is 6.19. The van der Waals surface area contributed by atoms with Crippen molar-refractivity contribution < 1.29 is 0 Å². The van der Waals surface area contributed by atoms with E-state index >= 15 is 0 Å². The highest BCUT2D eigenvalue weighted by atomic mass is 32.1. The van der Waals surface area contributed by atoms with Crippen molar-refractivity contribution in [3.8, 4) is 28.3 Å². The van der Waals surface area contributed by atoms with E-state index in [1.807, 2.05) is 78.5 Å². The molecule has 0 unspecified atom stereocenters. The molecule has 0 saturated heterocycles. The van der Waals surface area contributed by atoms with Crippen LogP contribution in [0.2, 0.25) is 0 Å². The Hall–Kier alpha value is -4.36. The van der Waals surface area contributed by atoms with Crippen LogP contribution in [0.25, 0.3) is 39.4 Å². The summed E-state index contributed by atoms with van der Waals surface area (Å²) in [5.41, 5.74) is 7.86. The molecule has 0 spiro atoms. The quantitative estimate of drug-likeness (QED) is 0.344. The lowest BCUT2D eigenvalue weighted by molar-refractivity contribution is 0.884. The summed E-state index contributed by atoms with van der Waals surface area (Å²) < 4.78 is 3.82. The summed E-state index contributed by atoms with van der Waals surface area (Å²) in [6.07, 6.45) is 3.87. The molecule has 7 heteroatoms. The number of thiazole rings is 1. The predicted octanol–water partition coefficient (Wildman–Crippen LogP) is 5.14. The third kappa shape index (κ3) is 3.93. The highest BCUT2D eigenvalue weighted by Crippen LogP contribution is 2.28. The standard InChI is InChI=1S/C29H23N5OS/c1-18-10-13-21(14-11-18)27-30-29-34(32-27)28(35)25(36-29)16-22-17-33(23-7-5-4-6-8-23)31-26(22)24-15-19(2)9-12-20(24)3/h4-17H,1-3H3. The number of aromatic nitrogens is 5. The van der Waals surface area contributed by atoms with E-state index in [4.69, 9.17) is 5.10 Å². The number of rotatable bonds is 4. The number of benzene rings is 3. The van der Waals surface area contributed by atoms with Gasteiger partial charge in [-0.15, -0.1) is 5.10 Å². The van der Waals surface area contributed by atoms with Gasteiger partial charge in [0.2, 0.25) is 4.96 Å². The van der Waals surface area contributed by atoms with Gasteiger partial charge in [0.15, 0.2) is 5.82 Å². The van der Waals surface area contributed by atoms with E-state index in [9.17, 15) is 4.79 Å². The zero-order chi connectivity index (χ0) is 24.8. The highest BCUT2D eigenvalue weighted by molar-refractivity contribution is 7.15. The van der Waals surface area contributed by atoms with Crippen LogP contribution in [0, 0.1) is 20.8 Å². The van der Waals surface area contributed by atoms with Gasteiger partial charge >= 0.3 is 0 Å². The fraction of sp³-hybridized carbons (Fsp3) is 0.103. The first-order valence-electron chi connectivity index (χ1n) is 11.7. The van der Waals surface area contributed by atoms with Crippen molar-refractivity contribution in [2.45, 2.75) is 20.8 Å². The van der Waals surface area contributed by atoms with E-state index in [0.29, 0.717) is 15.3 Å². The number of aryl methyl sites for hydroxylation is 3. The second kappa shape index (κ2) is 8.70. The maximum atomic E-state index is 13.3. The minimum absolute atomic E-state index is 0.180. The molecule has 176 valence electrons. The van der Waals surface area contributed by atoms with Crippen molar-refractivity contribution in [3.05, 3.63) is 116 Å². The number of hydrogen-bond acceptors (Lipinski definition) is 5. The molecule has 0 aliphatic heterocycles. The van der Waals surface area contributed by atoms with Crippen molar-refractivity contribution in [2.24, 2.45) is 0 Å². The Bertz CT molecular complexity index is 1830. The lowest BCUT2D eigenvalue weighted by Gasteiger charge is -2.05. The minimum atomic E-state index is -0.180. The van der Waals surface area contributed by atoms with Crippen molar-refractivity contribution in [3.63, 3.8) is 0 Å². The lowest BCUT2D eigenvalue weighted by Crippen LogP contribution is -2.23. The van der Waals surface area contributed by atoms with Gasteiger partial charge in [-0.25, -0.2) is 4.68 Å². The molecule has 0 saturated carbocycles. The first-order valence-corrected chi connectivity index (χ1v) is 12.5. The predicted molar refractivity (Wildman–Crippen MR) is 145 cm³/mol. The number of fused-ring (bicyclic) bond motifs is 1. The van der Waals surface area contributed by atoms with Crippen LogP contribution in [0.1, 0.15) is 22.3 Å². The minimum Gasteiger partial charge on any atom is -0.266 e. The van der Waals surface area contributed by atoms with Crippen LogP contribution in [-0.2, 0) is 0 Å². The molecule has 36 heavy (non-hydrogen) atoms. The van der Waals surface area contributed by atoms with E-state index < -0.39 is 0 Å². The third-order valence-corrected chi connectivity index (χ3v) is 7.15. The van der Waals surface area contributed by atoms with Crippen LogP contribution < -0.4 is 10.1 Å². The normalized spacial score (nSPS) is 12.0. The molecule has 3 aromatic heterocycles. The van der Waals surface area contributed by atoms with Gasteiger partial charge in [-0.2, -0.15) is 14.6 Å². The van der Waals surface area contributed by atoms with Crippen molar-refractivity contribution in [1.82, 2.24) is 24.4 Å². The summed E-state index contributed by atoms with van der Waals surface area (Å²) in [4.78, 5) is 18.5. The molecule has 6 rings (SSSR count). The fourth-order valence-electron chi connectivity index (χ4n) is 4.21. The van der Waals surface area contributed by atoms with E-state index in [-0.39, 0.29) is 5.56 Å². The molecule has 0 N–H and O–H groups in total. The van der Waals surface area contributed by atoms with Crippen LogP contribution >= 0.6 is 11.3 Å². The number of para-hydroxylation sites is 1. The molecule has 0 radical (unpaired) electrons. The zero-order valence-corrected chi connectivity index (χ0v) is 21.0. The summed E-state index contributed by atoms with van der Waals surface area (Å²) in [6.45, 7) is 6.18. The van der Waals surface area contributed by atoms with Crippen LogP contribution in [0.5, 0.6) is 0 Å². The molecule has 0 aliphatic carbocycles. The SMILES string of the molecule is Cc1ccc(-c2nc3sc(=Cc4cn(-c5ccccc5)nc4-c4cc(C)ccc4C)c(=O)n3n2)cc1. The average Bonchev–Trinajstić information content (AvgIpc) is 3.57. The van der Waals surface area contributed by atoms with Crippen molar-refractivity contribution >= 4 is 22.4 Å². The molecule has 0 aliphatic rings. The Kier molecular flexibility index (Phi) is 5.34. The lowest BCUT2D eigenvalue weighted by atomic mass is 10.0. The van der Waals surface area contributed by atoms with Crippen LogP contribution in [0.15, 0.2) is 83.8 Å². The Labute approximate surface area is 211 Å². The Morgan fingerprint density at radius 3 is 2.36 bits per heavy atom. The molecule has 0 atom stereocenters. The maximum Gasteiger partial charge on any atom is 0.291 e. The largest absolute Gasteiger partial charge is 0.291 e. The van der Waals surface area contributed by atoms with Crippen molar-refractivity contribution in [1.29, 1.82) is 0 Å². The average molecular weight is 490 g/mol. The number of hydrogen-bond donors (Lipinski definition) is 0. The van der Waals surface area contributed by atoms with Gasteiger partial charge in [0.1, 0.15) is 5.69 Å². The number of nitrogens with zero attached hydrogens (tertiary/aromatic N) is 5. The van der Waals surface area contributed by atoms with Gasteiger partial charge in [0.05, 0.1) is 10.2 Å². The summed E-state index contributed by atoms with van der Waals surface area (Å²) in [6, 6.07) is 24.3. The van der Waals surface area contributed by atoms with E-state index in [1.165, 1.54) is 15.9 Å². The Morgan fingerprint density at radius 1 is 0.861 bits per heavy atom. The fourth-order valence-corrected chi connectivity index (χ4v) is 5.10. The molecule has 6 nitrogen and oxygen atoms in total. The van der Waals surface area contributed by atoms with Gasteiger partial charge < -0.3 is 0 Å². The first kappa shape index (κ1) is 22.1. The smallest absolute Gasteiger partial charge is 0.266 e. The molecular weight excluding hydrogens is 466 g/mol. The monoisotopic (exact) mass is 489 g/mol. The Morgan fingerprint density at radius 2 is 1.61 bits per heavy atom. The van der Waals surface area contributed by atoms with E-state index in [2.05, 4.69) is 42.1 Å². The highest BCUT2D eigenvalue weighted by Gasteiger charge is 2.16. The molecule has 6 aromatic rings. The summed E-state index contributed by atoms with van der Waals surface area (Å²) in [5.74, 6) is 0.554. The van der Waals surface area contributed by atoms with Crippen molar-refractivity contribution in [2.75, 3.05) is 0 Å². The Balaban J connectivity index is 1.51. The first-order chi connectivity index (χ1) is 17.5. The van der Waals surface area contributed by atoms with Crippen LogP contribution in [0.3, 0.4) is 0 Å². The van der Waals surface area contributed by atoms with Crippen LogP contribution in [-0.4, -0.2) is 24.4 Å². The van der Waals surface area contributed by atoms with Gasteiger partial charge in [-0.05, 0) is 50.6 Å². The van der Waals surface area contributed by atoms with E-state index in [0.717, 1.165) is 44.8 Å². The topological polar surface area (TPSA) is 65.1 Å². The maximum absolute atomic E-state index is 13.3. The molecule has 3 aromatic carbocycles.